The molecule has 1 aromatic rings. The highest BCUT2D eigenvalue weighted by Gasteiger charge is 2.35. The van der Waals surface area contributed by atoms with Gasteiger partial charge < -0.3 is 11.1 Å². The van der Waals surface area contributed by atoms with E-state index in [4.69, 9.17) is 5.73 Å². The number of nitrogens with one attached hydrogen (secondary N) is 1. The molecule has 0 bridgehead atoms. The number of hydrogen-bond acceptors (Lipinski definition) is 2. The molecule has 1 aromatic carbocycles. The van der Waals surface area contributed by atoms with Crippen LogP contribution in [-0.2, 0) is 17.4 Å². The minimum atomic E-state index is -4.33. The largest absolute Gasteiger partial charge is 0.416 e. The standard InChI is InChI=1S/C17H23F3N2O.ClH/c1-12(22-15(23)16(21)9-3-2-4-10-16)11-13-5-7-14(8-6-13)17(18,19)20;/h5-8,12H,2-4,9-11,21H2,1H3,(H,22,23);1H. The Balaban J connectivity index is 0.00000288. The number of amides is 1. The molecule has 0 heterocycles. The molecule has 7 heteroatoms. The van der Waals surface area contributed by atoms with Gasteiger partial charge in [-0.25, -0.2) is 0 Å². The fraction of sp³-hybridized carbons (Fsp3) is 0.588. The van der Waals surface area contributed by atoms with Crippen LogP contribution in [0.3, 0.4) is 0 Å². The average molecular weight is 365 g/mol. The van der Waals surface area contributed by atoms with Gasteiger partial charge in [0.15, 0.2) is 0 Å². The third kappa shape index (κ3) is 5.38. The first kappa shape index (κ1) is 20.8. The normalized spacial score (nSPS) is 18.4. The summed E-state index contributed by atoms with van der Waals surface area (Å²) in [4.78, 5) is 12.3. The van der Waals surface area contributed by atoms with Crippen molar-refractivity contribution < 1.29 is 18.0 Å². The Morgan fingerprint density at radius 3 is 2.25 bits per heavy atom. The van der Waals surface area contributed by atoms with E-state index in [9.17, 15) is 18.0 Å². The van der Waals surface area contributed by atoms with Gasteiger partial charge in [0.2, 0.25) is 5.91 Å². The summed E-state index contributed by atoms with van der Waals surface area (Å²) in [6, 6.07) is 4.85. The molecule has 1 aliphatic rings. The van der Waals surface area contributed by atoms with Gasteiger partial charge in [0.05, 0.1) is 11.1 Å². The fourth-order valence-electron chi connectivity index (χ4n) is 3.01. The fourth-order valence-corrected chi connectivity index (χ4v) is 3.01. The Kier molecular flexibility index (Phi) is 7.10. The monoisotopic (exact) mass is 364 g/mol. The van der Waals surface area contributed by atoms with E-state index in [-0.39, 0.29) is 24.4 Å². The molecule has 3 nitrogen and oxygen atoms in total. The molecule has 2 rings (SSSR count). The summed E-state index contributed by atoms with van der Waals surface area (Å²) in [5, 5.41) is 2.90. The minimum Gasteiger partial charge on any atom is -0.352 e. The van der Waals surface area contributed by atoms with Crippen LogP contribution in [0.25, 0.3) is 0 Å². The molecule has 0 aromatic heterocycles. The van der Waals surface area contributed by atoms with Gasteiger partial charge in [-0.15, -0.1) is 12.4 Å². The van der Waals surface area contributed by atoms with Crippen molar-refractivity contribution in [2.75, 3.05) is 0 Å². The zero-order valence-electron chi connectivity index (χ0n) is 13.7. The van der Waals surface area contributed by atoms with Crippen LogP contribution in [0.4, 0.5) is 13.2 Å². The molecule has 1 unspecified atom stereocenters. The lowest BCUT2D eigenvalue weighted by molar-refractivity contribution is -0.137. The van der Waals surface area contributed by atoms with Crippen LogP contribution in [0, 0.1) is 0 Å². The van der Waals surface area contributed by atoms with Gasteiger partial charge in [-0.05, 0) is 43.9 Å². The third-order valence-electron chi connectivity index (χ3n) is 4.40. The molecular formula is C17H24ClF3N2O. The maximum Gasteiger partial charge on any atom is 0.416 e. The molecule has 1 aliphatic carbocycles. The number of nitrogens with two attached hydrogens (primary N) is 1. The van der Waals surface area contributed by atoms with Gasteiger partial charge >= 0.3 is 6.18 Å². The predicted octanol–water partition coefficient (Wildman–Crippen LogP) is 3.84. The van der Waals surface area contributed by atoms with Gasteiger partial charge in [0.1, 0.15) is 0 Å². The van der Waals surface area contributed by atoms with E-state index in [0.29, 0.717) is 19.3 Å². The van der Waals surface area contributed by atoms with E-state index < -0.39 is 17.3 Å². The van der Waals surface area contributed by atoms with Crippen LogP contribution in [0.5, 0.6) is 0 Å². The summed E-state index contributed by atoms with van der Waals surface area (Å²) in [6.45, 7) is 1.84. The van der Waals surface area contributed by atoms with Crippen molar-refractivity contribution in [3.63, 3.8) is 0 Å². The molecule has 0 radical (unpaired) electrons. The summed E-state index contributed by atoms with van der Waals surface area (Å²) in [6.07, 6.45) is 0.532. The van der Waals surface area contributed by atoms with Crippen molar-refractivity contribution in [3.8, 4) is 0 Å². The van der Waals surface area contributed by atoms with Crippen LogP contribution in [0.1, 0.15) is 50.2 Å². The van der Waals surface area contributed by atoms with E-state index in [2.05, 4.69) is 5.32 Å². The lowest BCUT2D eigenvalue weighted by Gasteiger charge is -2.33. The summed E-state index contributed by atoms with van der Waals surface area (Å²) in [7, 11) is 0. The van der Waals surface area contributed by atoms with Crippen molar-refractivity contribution in [3.05, 3.63) is 35.4 Å². The molecule has 3 N–H and O–H groups in total. The number of hydrogen-bond donors (Lipinski definition) is 2. The first-order chi connectivity index (χ1) is 10.7. The molecule has 1 fully saturated rings. The maximum absolute atomic E-state index is 12.5. The molecule has 0 saturated heterocycles. The highest BCUT2D eigenvalue weighted by molar-refractivity contribution is 5.86. The molecule has 24 heavy (non-hydrogen) atoms. The summed E-state index contributed by atoms with van der Waals surface area (Å²) < 4.78 is 37.6. The number of carbonyl (C=O) groups excluding carboxylic acids is 1. The number of carbonyl (C=O) groups is 1. The first-order valence-electron chi connectivity index (χ1n) is 7.97. The molecule has 1 saturated carbocycles. The number of halogens is 4. The second-order valence-electron chi connectivity index (χ2n) is 6.49. The van der Waals surface area contributed by atoms with Crippen molar-refractivity contribution in [2.24, 2.45) is 5.73 Å². The number of rotatable bonds is 4. The molecule has 0 spiro atoms. The lowest BCUT2D eigenvalue weighted by atomic mass is 9.81. The van der Waals surface area contributed by atoms with E-state index in [1.165, 1.54) is 12.1 Å². The summed E-state index contributed by atoms with van der Waals surface area (Å²) >= 11 is 0. The van der Waals surface area contributed by atoms with Crippen molar-refractivity contribution in [2.45, 2.75) is 63.2 Å². The summed E-state index contributed by atoms with van der Waals surface area (Å²) in [5.74, 6) is -0.156. The van der Waals surface area contributed by atoms with Gasteiger partial charge in [0.25, 0.3) is 0 Å². The molecule has 1 amide bonds. The quantitative estimate of drug-likeness (QED) is 0.853. The average Bonchev–Trinajstić information content (AvgIpc) is 2.47. The number of alkyl halides is 3. The summed E-state index contributed by atoms with van der Waals surface area (Å²) in [5.41, 5.74) is 5.46. The van der Waals surface area contributed by atoms with E-state index in [1.54, 1.807) is 0 Å². The van der Waals surface area contributed by atoms with Gasteiger partial charge in [-0.1, -0.05) is 31.4 Å². The Morgan fingerprint density at radius 2 is 1.75 bits per heavy atom. The molecular weight excluding hydrogens is 341 g/mol. The highest BCUT2D eigenvalue weighted by atomic mass is 35.5. The first-order valence-corrected chi connectivity index (χ1v) is 7.97. The molecule has 1 atom stereocenters. The zero-order valence-corrected chi connectivity index (χ0v) is 14.5. The topological polar surface area (TPSA) is 55.1 Å². The highest BCUT2D eigenvalue weighted by Crippen LogP contribution is 2.29. The second kappa shape index (κ2) is 8.21. The minimum absolute atomic E-state index is 0. The third-order valence-corrected chi connectivity index (χ3v) is 4.40. The van der Waals surface area contributed by atoms with Crippen LogP contribution in [0.2, 0.25) is 0 Å². The van der Waals surface area contributed by atoms with Gasteiger partial charge in [-0.2, -0.15) is 13.2 Å². The Hall–Kier alpha value is -1.27. The predicted molar refractivity (Wildman–Crippen MR) is 90.0 cm³/mol. The van der Waals surface area contributed by atoms with E-state index in [1.807, 2.05) is 6.92 Å². The van der Waals surface area contributed by atoms with Crippen LogP contribution in [-0.4, -0.2) is 17.5 Å². The van der Waals surface area contributed by atoms with Crippen molar-refractivity contribution in [1.29, 1.82) is 0 Å². The van der Waals surface area contributed by atoms with Gasteiger partial charge in [-0.3, -0.25) is 4.79 Å². The SMILES string of the molecule is CC(Cc1ccc(C(F)(F)F)cc1)NC(=O)C1(N)CCCCC1.Cl. The van der Waals surface area contributed by atoms with Crippen LogP contribution in [0.15, 0.2) is 24.3 Å². The van der Waals surface area contributed by atoms with E-state index in [0.717, 1.165) is 37.0 Å². The van der Waals surface area contributed by atoms with Crippen LogP contribution >= 0.6 is 12.4 Å². The lowest BCUT2D eigenvalue weighted by Crippen LogP contribution is -2.56. The van der Waals surface area contributed by atoms with Crippen molar-refractivity contribution in [1.82, 2.24) is 5.32 Å². The van der Waals surface area contributed by atoms with Crippen molar-refractivity contribution >= 4 is 18.3 Å². The number of benzene rings is 1. The Bertz CT molecular complexity index is 540. The molecule has 0 aliphatic heterocycles. The van der Waals surface area contributed by atoms with Crippen LogP contribution < -0.4 is 11.1 Å². The Labute approximate surface area is 146 Å². The second-order valence-corrected chi connectivity index (χ2v) is 6.49. The van der Waals surface area contributed by atoms with Gasteiger partial charge in [0, 0.05) is 6.04 Å². The molecule has 136 valence electrons. The Morgan fingerprint density at radius 1 is 1.21 bits per heavy atom. The van der Waals surface area contributed by atoms with E-state index >= 15 is 0 Å². The maximum atomic E-state index is 12.5. The smallest absolute Gasteiger partial charge is 0.352 e. The zero-order chi connectivity index (χ0) is 17.1.